The van der Waals surface area contributed by atoms with Gasteiger partial charge in [-0.1, -0.05) is 25.4 Å². The number of carbonyl (C=O) groups is 1. The number of amides is 1. The third-order valence-corrected chi connectivity index (χ3v) is 3.57. The Kier molecular flexibility index (Phi) is 5.95. The van der Waals surface area contributed by atoms with Crippen LogP contribution in [0.2, 0.25) is 5.02 Å². The van der Waals surface area contributed by atoms with Crippen molar-refractivity contribution in [1.29, 1.82) is 0 Å². The molecule has 0 heterocycles. The topological polar surface area (TPSA) is 41.1 Å². The maximum absolute atomic E-state index is 11.8. The molecule has 2 N–H and O–H groups in total. The Morgan fingerprint density at radius 1 is 1.53 bits per heavy atom. The molecule has 0 aromatic heterocycles. The van der Waals surface area contributed by atoms with E-state index in [1.54, 1.807) is 6.07 Å². The van der Waals surface area contributed by atoms with Crippen molar-refractivity contribution < 1.29 is 4.79 Å². The van der Waals surface area contributed by atoms with E-state index in [0.29, 0.717) is 17.3 Å². The van der Waals surface area contributed by atoms with Crippen molar-refractivity contribution in [2.45, 2.75) is 13.8 Å². The Balaban J connectivity index is 2.58. The number of hydrogen-bond donors (Lipinski definition) is 2. The molecule has 1 unspecified atom stereocenters. The monoisotopic (exact) mass is 318 g/mol. The van der Waals surface area contributed by atoms with Gasteiger partial charge in [0.1, 0.15) is 0 Å². The van der Waals surface area contributed by atoms with Crippen LogP contribution in [0, 0.1) is 5.92 Å². The molecule has 0 saturated carbocycles. The SMILES string of the molecule is CCNCC(C)C(=O)Nc1ccc(Br)c(Cl)c1. The first kappa shape index (κ1) is 14.5. The fraction of sp³-hybridized carbons (Fsp3) is 0.417. The highest BCUT2D eigenvalue weighted by molar-refractivity contribution is 9.10. The molecule has 0 aliphatic carbocycles. The maximum Gasteiger partial charge on any atom is 0.228 e. The summed E-state index contributed by atoms with van der Waals surface area (Å²) in [6, 6.07) is 5.35. The Hall–Kier alpha value is -0.580. The summed E-state index contributed by atoms with van der Waals surface area (Å²) in [4.78, 5) is 11.8. The minimum absolute atomic E-state index is 0.00987. The lowest BCUT2D eigenvalue weighted by molar-refractivity contribution is -0.119. The van der Waals surface area contributed by atoms with Crippen LogP contribution in [0.3, 0.4) is 0 Å². The maximum atomic E-state index is 11.8. The van der Waals surface area contributed by atoms with Gasteiger partial charge in [0, 0.05) is 22.6 Å². The van der Waals surface area contributed by atoms with E-state index in [0.717, 1.165) is 11.0 Å². The fourth-order valence-electron chi connectivity index (χ4n) is 1.29. The molecular formula is C12H16BrClN2O. The Labute approximate surface area is 115 Å². The number of anilines is 1. The third kappa shape index (κ3) is 4.66. The quantitative estimate of drug-likeness (QED) is 0.874. The highest BCUT2D eigenvalue weighted by atomic mass is 79.9. The van der Waals surface area contributed by atoms with E-state index in [-0.39, 0.29) is 11.8 Å². The highest BCUT2D eigenvalue weighted by Gasteiger charge is 2.12. The van der Waals surface area contributed by atoms with Gasteiger partial charge in [0.05, 0.1) is 5.02 Å². The second-order valence-corrected chi connectivity index (χ2v) is 5.09. The van der Waals surface area contributed by atoms with Gasteiger partial charge < -0.3 is 10.6 Å². The van der Waals surface area contributed by atoms with Crippen LogP contribution < -0.4 is 10.6 Å². The molecule has 0 saturated heterocycles. The molecule has 0 aliphatic rings. The number of rotatable bonds is 5. The third-order valence-electron chi connectivity index (χ3n) is 2.34. The summed E-state index contributed by atoms with van der Waals surface area (Å²) >= 11 is 9.25. The van der Waals surface area contributed by atoms with Crippen molar-refractivity contribution in [3.05, 3.63) is 27.7 Å². The Morgan fingerprint density at radius 2 is 2.24 bits per heavy atom. The fourth-order valence-corrected chi connectivity index (χ4v) is 1.72. The minimum atomic E-state index is -0.0719. The predicted molar refractivity (Wildman–Crippen MR) is 75.5 cm³/mol. The van der Waals surface area contributed by atoms with Gasteiger partial charge >= 0.3 is 0 Å². The summed E-state index contributed by atoms with van der Waals surface area (Å²) in [5, 5.41) is 6.56. The van der Waals surface area contributed by atoms with Gasteiger partial charge in [-0.05, 0) is 40.7 Å². The first-order chi connectivity index (χ1) is 8.04. The van der Waals surface area contributed by atoms with Crippen LogP contribution >= 0.6 is 27.5 Å². The van der Waals surface area contributed by atoms with Crippen LogP contribution in [0.15, 0.2) is 22.7 Å². The lowest BCUT2D eigenvalue weighted by Gasteiger charge is -2.12. The summed E-state index contributed by atoms with van der Waals surface area (Å²) in [5.41, 5.74) is 0.714. The Morgan fingerprint density at radius 3 is 2.82 bits per heavy atom. The van der Waals surface area contributed by atoms with Crippen molar-refractivity contribution in [3.63, 3.8) is 0 Å². The molecule has 5 heteroatoms. The summed E-state index contributed by atoms with van der Waals surface area (Å²) < 4.78 is 0.817. The van der Waals surface area contributed by atoms with Gasteiger partial charge in [0.2, 0.25) is 5.91 Å². The van der Waals surface area contributed by atoms with E-state index >= 15 is 0 Å². The first-order valence-corrected chi connectivity index (χ1v) is 6.68. The van der Waals surface area contributed by atoms with Crippen molar-refractivity contribution in [1.82, 2.24) is 5.32 Å². The van der Waals surface area contributed by atoms with Gasteiger partial charge in [0.25, 0.3) is 0 Å². The van der Waals surface area contributed by atoms with E-state index in [4.69, 9.17) is 11.6 Å². The normalized spacial score (nSPS) is 12.2. The van der Waals surface area contributed by atoms with E-state index in [9.17, 15) is 4.79 Å². The highest BCUT2D eigenvalue weighted by Crippen LogP contribution is 2.25. The van der Waals surface area contributed by atoms with Gasteiger partial charge in [0.15, 0.2) is 0 Å². The van der Waals surface area contributed by atoms with E-state index in [1.807, 2.05) is 26.0 Å². The molecule has 1 rings (SSSR count). The smallest absolute Gasteiger partial charge is 0.228 e. The molecule has 94 valence electrons. The lowest BCUT2D eigenvalue weighted by atomic mass is 10.1. The van der Waals surface area contributed by atoms with Crippen molar-refractivity contribution in [2.75, 3.05) is 18.4 Å². The lowest BCUT2D eigenvalue weighted by Crippen LogP contribution is -2.30. The van der Waals surface area contributed by atoms with E-state index < -0.39 is 0 Å². The summed E-state index contributed by atoms with van der Waals surface area (Å²) in [6.45, 7) is 5.44. The zero-order valence-electron chi connectivity index (χ0n) is 9.89. The molecular weight excluding hydrogens is 304 g/mol. The molecule has 1 aromatic carbocycles. The molecule has 0 radical (unpaired) electrons. The van der Waals surface area contributed by atoms with Crippen molar-refractivity contribution >= 4 is 39.1 Å². The van der Waals surface area contributed by atoms with Crippen LogP contribution in [0.25, 0.3) is 0 Å². The van der Waals surface area contributed by atoms with Gasteiger partial charge in [-0.2, -0.15) is 0 Å². The molecule has 0 fully saturated rings. The van der Waals surface area contributed by atoms with Crippen LogP contribution in [0.1, 0.15) is 13.8 Å². The number of halogens is 2. The van der Waals surface area contributed by atoms with Gasteiger partial charge in [-0.25, -0.2) is 0 Å². The van der Waals surface area contributed by atoms with Crippen LogP contribution in [0.4, 0.5) is 5.69 Å². The average molecular weight is 320 g/mol. The first-order valence-electron chi connectivity index (χ1n) is 5.51. The predicted octanol–water partition coefficient (Wildman–Crippen LogP) is 3.29. The summed E-state index contributed by atoms with van der Waals surface area (Å²) in [7, 11) is 0. The minimum Gasteiger partial charge on any atom is -0.326 e. The standard InChI is InChI=1S/C12H16BrClN2O/c1-3-15-7-8(2)12(17)16-9-4-5-10(13)11(14)6-9/h4-6,8,15H,3,7H2,1-2H3,(H,16,17). The average Bonchev–Trinajstić information content (AvgIpc) is 2.30. The molecule has 1 atom stereocenters. The summed E-state index contributed by atoms with van der Waals surface area (Å²) in [6.07, 6.45) is 0. The number of nitrogens with one attached hydrogen (secondary N) is 2. The van der Waals surface area contributed by atoms with Crippen LogP contribution in [0.5, 0.6) is 0 Å². The van der Waals surface area contributed by atoms with E-state index in [2.05, 4.69) is 26.6 Å². The van der Waals surface area contributed by atoms with Crippen LogP contribution in [-0.2, 0) is 4.79 Å². The zero-order chi connectivity index (χ0) is 12.8. The molecule has 0 spiro atoms. The largest absolute Gasteiger partial charge is 0.326 e. The van der Waals surface area contributed by atoms with E-state index in [1.165, 1.54) is 0 Å². The number of hydrogen-bond acceptors (Lipinski definition) is 2. The molecule has 17 heavy (non-hydrogen) atoms. The Bertz CT molecular complexity index is 398. The molecule has 0 aliphatic heterocycles. The number of carbonyl (C=O) groups excluding carboxylic acids is 1. The molecule has 1 amide bonds. The second kappa shape index (κ2) is 6.99. The van der Waals surface area contributed by atoms with Crippen LogP contribution in [-0.4, -0.2) is 19.0 Å². The molecule has 0 bridgehead atoms. The second-order valence-electron chi connectivity index (χ2n) is 3.83. The molecule has 3 nitrogen and oxygen atoms in total. The summed E-state index contributed by atoms with van der Waals surface area (Å²) in [5.74, 6) is -0.0817. The number of benzene rings is 1. The van der Waals surface area contributed by atoms with Gasteiger partial charge in [-0.3, -0.25) is 4.79 Å². The zero-order valence-corrected chi connectivity index (χ0v) is 12.2. The van der Waals surface area contributed by atoms with Crippen molar-refractivity contribution in [2.24, 2.45) is 5.92 Å². The molecule has 1 aromatic rings. The van der Waals surface area contributed by atoms with Crippen molar-refractivity contribution in [3.8, 4) is 0 Å². The van der Waals surface area contributed by atoms with Gasteiger partial charge in [-0.15, -0.1) is 0 Å².